The summed E-state index contributed by atoms with van der Waals surface area (Å²) in [4.78, 5) is 0. The van der Waals surface area contributed by atoms with E-state index in [4.69, 9.17) is 0 Å². The summed E-state index contributed by atoms with van der Waals surface area (Å²) < 4.78 is 0. The lowest BCUT2D eigenvalue weighted by molar-refractivity contribution is 0.620. The van der Waals surface area contributed by atoms with Crippen LogP contribution < -0.4 is 0 Å². The van der Waals surface area contributed by atoms with Crippen molar-refractivity contribution in [3.8, 4) is 0 Å². The summed E-state index contributed by atoms with van der Waals surface area (Å²) in [5, 5.41) is 0. The van der Waals surface area contributed by atoms with Gasteiger partial charge in [0.2, 0.25) is 0 Å². The highest BCUT2D eigenvalue weighted by Crippen LogP contribution is 2.31. The van der Waals surface area contributed by atoms with Gasteiger partial charge in [-0.3, -0.25) is 0 Å². The van der Waals surface area contributed by atoms with Crippen molar-refractivity contribution in [2.75, 3.05) is 0 Å². The Morgan fingerprint density at radius 3 is 2.50 bits per heavy atom. The van der Waals surface area contributed by atoms with Crippen molar-refractivity contribution < 1.29 is 0 Å². The first kappa shape index (κ1) is 11.6. The van der Waals surface area contributed by atoms with Crippen LogP contribution in [0.1, 0.15) is 59.3 Å². The second-order valence-corrected chi connectivity index (χ2v) is 4.42. The zero-order valence-electron chi connectivity index (χ0n) is 9.97. The molecule has 0 aliphatic heterocycles. The fourth-order valence-corrected chi connectivity index (χ4v) is 2.13. The lowest BCUT2D eigenvalue weighted by atomic mass is 9.95. The highest BCUT2D eigenvalue weighted by molar-refractivity contribution is 5.35. The molecular weight excluding hydrogens is 168 g/mol. The molecule has 0 aromatic carbocycles. The topological polar surface area (TPSA) is 0 Å². The van der Waals surface area contributed by atoms with Crippen molar-refractivity contribution >= 4 is 0 Å². The minimum atomic E-state index is 0.766. The first-order valence-corrected chi connectivity index (χ1v) is 6.17. The van der Waals surface area contributed by atoms with Gasteiger partial charge in [-0.25, -0.2) is 0 Å². The summed E-state index contributed by atoms with van der Waals surface area (Å²) in [6.45, 7) is 6.87. The molecular formula is C14H24. The molecule has 0 aromatic heterocycles. The average Bonchev–Trinajstić information content (AvgIpc) is 2.54. The summed E-state index contributed by atoms with van der Waals surface area (Å²) in [6.07, 6.45) is 12.8. The largest absolute Gasteiger partial charge is 0.0771 e. The Hall–Kier alpha value is -0.520. The zero-order valence-corrected chi connectivity index (χ0v) is 9.97. The van der Waals surface area contributed by atoms with E-state index < -0.39 is 0 Å². The smallest absolute Gasteiger partial charge is 0.00170 e. The maximum Gasteiger partial charge on any atom is -0.00170 e. The van der Waals surface area contributed by atoms with Crippen molar-refractivity contribution in [2.24, 2.45) is 5.92 Å². The molecule has 0 aromatic rings. The fourth-order valence-electron chi connectivity index (χ4n) is 2.13. The fraction of sp³-hybridized carbons (Fsp3) is 0.714. The summed E-state index contributed by atoms with van der Waals surface area (Å²) in [5.41, 5.74) is 3.26. The van der Waals surface area contributed by atoms with Gasteiger partial charge < -0.3 is 0 Å². The molecule has 1 rings (SSSR count). The molecule has 0 bridgehead atoms. The van der Waals surface area contributed by atoms with E-state index in [1.807, 2.05) is 0 Å². The van der Waals surface area contributed by atoms with Crippen LogP contribution in [-0.4, -0.2) is 0 Å². The monoisotopic (exact) mass is 192 g/mol. The van der Waals surface area contributed by atoms with Gasteiger partial charge in [-0.1, -0.05) is 50.8 Å². The van der Waals surface area contributed by atoms with E-state index in [-0.39, 0.29) is 0 Å². The molecule has 1 aliphatic carbocycles. The van der Waals surface area contributed by atoms with Gasteiger partial charge in [0.15, 0.2) is 0 Å². The van der Waals surface area contributed by atoms with E-state index in [1.165, 1.54) is 38.5 Å². The molecule has 0 heterocycles. The predicted molar refractivity (Wildman–Crippen MR) is 64.4 cm³/mol. The minimum absolute atomic E-state index is 0.766. The molecule has 0 spiro atoms. The molecule has 1 unspecified atom stereocenters. The van der Waals surface area contributed by atoms with Gasteiger partial charge in [0.1, 0.15) is 0 Å². The molecule has 0 saturated carbocycles. The predicted octanol–water partition coefficient (Wildman–Crippen LogP) is 4.87. The van der Waals surface area contributed by atoms with Crippen LogP contribution in [0.25, 0.3) is 0 Å². The Morgan fingerprint density at radius 2 is 1.86 bits per heavy atom. The highest BCUT2D eigenvalue weighted by atomic mass is 14.2. The van der Waals surface area contributed by atoms with Gasteiger partial charge in [0.05, 0.1) is 0 Å². The highest BCUT2D eigenvalue weighted by Gasteiger charge is 2.15. The van der Waals surface area contributed by atoms with Gasteiger partial charge in [0.25, 0.3) is 0 Å². The molecule has 14 heavy (non-hydrogen) atoms. The molecule has 80 valence electrons. The van der Waals surface area contributed by atoms with Crippen molar-refractivity contribution in [3.05, 3.63) is 23.3 Å². The lowest BCUT2D eigenvalue weighted by Gasteiger charge is -2.10. The van der Waals surface area contributed by atoms with E-state index >= 15 is 0 Å². The molecule has 0 saturated heterocycles. The molecule has 0 N–H and O–H groups in total. The summed E-state index contributed by atoms with van der Waals surface area (Å²) in [5.74, 6) is 0.766. The van der Waals surface area contributed by atoms with Crippen molar-refractivity contribution in [2.45, 2.75) is 59.3 Å². The zero-order chi connectivity index (χ0) is 10.4. The lowest BCUT2D eigenvalue weighted by Crippen LogP contribution is -1.96. The van der Waals surface area contributed by atoms with E-state index in [0.717, 1.165) is 5.92 Å². The number of allylic oxidation sites excluding steroid dienone is 4. The van der Waals surface area contributed by atoms with Crippen molar-refractivity contribution in [1.82, 2.24) is 0 Å². The first-order valence-electron chi connectivity index (χ1n) is 6.17. The van der Waals surface area contributed by atoms with Crippen LogP contribution in [0.3, 0.4) is 0 Å². The number of hydrogen-bond acceptors (Lipinski definition) is 0. The Bertz CT molecular complexity index is 220. The van der Waals surface area contributed by atoms with Crippen LogP contribution in [0.15, 0.2) is 23.3 Å². The third-order valence-electron chi connectivity index (χ3n) is 3.26. The second kappa shape index (κ2) is 6.06. The molecule has 1 aliphatic rings. The number of unbranched alkanes of at least 4 members (excludes halogenated alkanes) is 2. The third kappa shape index (κ3) is 3.01. The Morgan fingerprint density at radius 1 is 1.14 bits per heavy atom. The Balaban J connectivity index is 2.43. The SMILES string of the molecule is CCCCC1=C(C)C(CCCC)C=C1. The Labute approximate surface area is 89.1 Å². The molecule has 0 nitrogen and oxygen atoms in total. The van der Waals surface area contributed by atoms with Crippen molar-refractivity contribution in [1.29, 1.82) is 0 Å². The van der Waals surface area contributed by atoms with E-state index in [9.17, 15) is 0 Å². The summed E-state index contributed by atoms with van der Waals surface area (Å²) in [7, 11) is 0. The van der Waals surface area contributed by atoms with Gasteiger partial charge in [0, 0.05) is 0 Å². The molecule has 0 radical (unpaired) electrons. The van der Waals surface area contributed by atoms with Crippen LogP contribution in [0.2, 0.25) is 0 Å². The van der Waals surface area contributed by atoms with Gasteiger partial charge in [-0.15, -0.1) is 0 Å². The van der Waals surface area contributed by atoms with E-state index in [1.54, 1.807) is 11.1 Å². The van der Waals surface area contributed by atoms with Crippen LogP contribution in [-0.2, 0) is 0 Å². The van der Waals surface area contributed by atoms with E-state index in [0.29, 0.717) is 0 Å². The van der Waals surface area contributed by atoms with Crippen LogP contribution in [0.5, 0.6) is 0 Å². The summed E-state index contributed by atoms with van der Waals surface area (Å²) >= 11 is 0. The Kier molecular flexibility index (Phi) is 5.00. The molecule has 1 atom stereocenters. The average molecular weight is 192 g/mol. The number of rotatable bonds is 6. The molecule has 0 amide bonds. The standard InChI is InChI=1S/C14H24/c1-4-6-8-13-10-11-14(12(13)3)9-7-5-2/h10-11,13H,4-9H2,1-3H3. The minimum Gasteiger partial charge on any atom is -0.0771 e. The maximum absolute atomic E-state index is 2.41. The quantitative estimate of drug-likeness (QED) is 0.563. The molecule has 0 heteroatoms. The first-order chi connectivity index (χ1) is 6.79. The van der Waals surface area contributed by atoms with Crippen LogP contribution in [0.4, 0.5) is 0 Å². The normalized spacial score (nSPS) is 20.9. The second-order valence-electron chi connectivity index (χ2n) is 4.42. The van der Waals surface area contributed by atoms with Crippen LogP contribution >= 0.6 is 0 Å². The number of hydrogen-bond donors (Lipinski definition) is 0. The van der Waals surface area contributed by atoms with Gasteiger partial charge >= 0.3 is 0 Å². The van der Waals surface area contributed by atoms with Crippen molar-refractivity contribution in [3.63, 3.8) is 0 Å². The molecule has 0 fully saturated rings. The third-order valence-corrected chi connectivity index (χ3v) is 3.26. The van der Waals surface area contributed by atoms with Gasteiger partial charge in [-0.2, -0.15) is 0 Å². The van der Waals surface area contributed by atoms with E-state index in [2.05, 4.69) is 32.9 Å². The van der Waals surface area contributed by atoms with Gasteiger partial charge in [-0.05, 0) is 37.7 Å². The summed E-state index contributed by atoms with van der Waals surface area (Å²) in [6, 6.07) is 0. The van der Waals surface area contributed by atoms with Crippen LogP contribution in [0, 0.1) is 5.92 Å². The maximum atomic E-state index is 2.41.